The van der Waals surface area contributed by atoms with Crippen molar-refractivity contribution in [2.45, 2.75) is 25.5 Å². The van der Waals surface area contributed by atoms with Gasteiger partial charge in [0, 0.05) is 11.6 Å². The Morgan fingerprint density at radius 2 is 1.95 bits per heavy atom. The van der Waals surface area contributed by atoms with E-state index in [-0.39, 0.29) is 12.1 Å². The van der Waals surface area contributed by atoms with Gasteiger partial charge in [-0.15, -0.1) is 0 Å². The Kier molecular flexibility index (Phi) is 4.23. The molecular formula is C18H21NO2. The molecule has 3 nitrogen and oxygen atoms in total. The second-order valence-corrected chi connectivity index (χ2v) is 5.45. The molecule has 110 valence electrons. The molecule has 0 amide bonds. The van der Waals surface area contributed by atoms with Gasteiger partial charge in [-0.1, -0.05) is 42.5 Å². The molecule has 1 aliphatic rings. The molecule has 0 radical (unpaired) electrons. The highest BCUT2D eigenvalue weighted by atomic mass is 16.5. The monoisotopic (exact) mass is 283 g/mol. The van der Waals surface area contributed by atoms with E-state index in [1.807, 2.05) is 31.2 Å². The zero-order valence-corrected chi connectivity index (χ0v) is 12.3. The fraction of sp³-hybridized carbons (Fsp3) is 0.333. The van der Waals surface area contributed by atoms with Crippen molar-refractivity contribution in [2.75, 3.05) is 13.2 Å². The molecule has 0 fully saturated rings. The molecule has 0 aliphatic carbocycles. The number of hydrogen-bond donors (Lipinski definition) is 1. The van der Waals surface area contributed by atoms with E-state index in [1.165, 1.54) is 11.1 Å². The highest BCUT2D eigenvalue weighted by Crippen LogP contribution is 2.29. The number of rotatable bonds is 4. The van der Waals surface area contributed by atoms with Gasteiger partial charge in [0.2, 0.25) is 0 Å². The lowest BCUT2D eigenvalue weighted by atomic mass is 9.98. The van der Waals surface area contributed by atoms with E-state index in [9.17, 15) is 0 Å². The Bertz CT molecular complexity index is 610. The molecule has 2 atom stereocenters. The van der Waals surface area contributed by atoms with Gasteiger partial charge < -0.3 is 15.2 Å². The molecule has 2 aromatic rings. The molecule has 2 N–H and O–H groups in total. The molecule has 0 aromatic heterocycles. The summed E-state index contributed by atoms with van der Waals surface area (Å²) in [6.07, 6.45) is 0.972. The Balaban J connectivity index is 1.75. The lowest BCUT2D eigenvalue weighted by Gasteiger charge is -2.26. The van der Waals surface area contributed by atoms with E-state index in [0.29, 0.717) is 6.61 Å². The summed E-state index contributed by atoms with van der Waals surface area (Å²) in [6.45, 7) is 3.23. The molecule has 0 saturated carbocycles. The van der Waals surface area contributed by atoms with E-state index in [2.05, 4.69) is 24.3 Å². The van der Waals surface area contributed by atoms with Crippen LogP contribution in [0.2, 0.25) is 0 Å². The van der Waals surface area contributed by atoms with Crippen molar-refractivity contribution in [3.05, 3.63) is 65.2 Å². The van der Waals surface area contributed by atoms with Crippen LogP contribution in [0, 0.1) is 0 Å². The first-order valence-electron chi connectivity index (χ1n) is 7.42. The Hall–Kier alpha value is -1.84. The van der Waals surface area contributed by atoms with E-state index >= 15 is 0 Å². The molecule has 0 bridgehead atoms. The second kappa shape index (κ2) is 6.29. The smallest absolute Gasteiger partial charge is 0.124 e. The average Bonchev–Trinajstić information content (AvgIpc) is 2.53. The van der Waals surface area contributed by atoms with E-state index < -0.39 is 0 Å². The highest BCUT2D eigenvalue weighted by Gasteiger charge is 2.21. The molecule has 0 spiro atoms. The van der Waals surface area contributed by atoms with Crippen LogP contribution < -0.4 is 10.5 Å². The molecule has 0 saturated heterocycles. The van der Waals surface area contributed by atoms with Crippen LogP contribution in [0.4, 0.5) is 0 Å². The van der Waals surface area contributed by atoms with Gasteiger partial charge in [0.1, 0.15) is 18.5 Å². The maximum atomic E-state index is 5.99. The van der Waals surface area contributed by atoms with Gasteiger partial charge in [0.05, 0.1) is 6.61 Å². The topological polar surface area (TPSA) is 44.5 Å². The minimum absolute atomic E-state index is 0.00362. The molecule has 1 aliphatic heterocycles. The predicted molar refractivity (Wildman–Crippen MR) is 83.4 cm³/mol. The number of hydrogen-bond acceptors (Lipinski definition) is 3. The first-order valence-corrected chi connectivity index (χ1v) is 7.42. The van der Waals surface area contributed by atoms with E-state index in [0.717, 1.165) is 24.3 Å². The molecule has 1 heterocycles. The maximum absolute atomic E-state index is 5.99. The standard InChI is InChI=1S/C18H21NO2/c1-13(19)15-7-4-5-9-17(15)21-12-18-16-8-3-2-6-14(16)10-11-20-18/h2-9,13,18H,10-12,19H2,1H3. The summed E-state index contributed by atoms with van der Waals surface area (Å²) in [5, 5.41) is 0. The van der Waals surface area contributed by atoms with Crippen LogP contribution in [-0.2, 0) is 11.2 Å². The van der Waals surface area contributed by atoms with Crippen LogP contribution in [0.5, 0.6) is 5.75 Å². The van der Waals surface area contributed by atoms with Gasteiger partial charge in [-0.2, -0.15) is 0 Å². The highest BCUT2D eigenvalue weighted by molar-refractivity contribution is 5.36. The summed E-state index contributed by atoms with van der Waals surface area (Å²) >= 11 is 0. The summed E-state index contributed by atoms with van der Waals surface area (Å²) in [5.41, 5.74) is 9.61. The molecule has 3 rings (SSSR count). The zero-order chi connectivity index (χ0) is 14.7. The summed E-state index contributed by atoms with van der Waals surface area (Å²) in [6, 6.07) is 16.3. The first-order chi connectivity index (χ1) is 10.3. The normalized spacial score (nSPS) is 18.9. The van der Waals surface area contributed by atoms with Gasteiger partial charge in [-0.25, -0.2) is 0 Å². The summed E-state index contributed by atoms with van der Waals surface area (Å²) in [4.78, 5) is 0. The van der Waals surface area contributed by atoms with Crippen molar-refractivity contribution in [3.8, 4) is 5.75 Å². The van der Waals surface area contributed by atoms with Crippen LogP contribution in [0.25, 0.3) is 0 Å². The van der Waals surface area contributed by atoms with Crippen LogP contribution in [0.1, 0.15) is 35.8 Å². The Morgan fingerprint density at radius 1 is 1.19 bits per heavy atom. The van der Waals surface area contributed by atoms with Crippen molar-refractivity contribution in [2.24, 2.45) is 5.73 Å². The van der Waals surface area contributed by atoms with Crippen LogP contribution in [-0.4, -0.2) is 13.2 Å². The third-order valence-corrected chi connectivity index (χ3v) is 3.89. The third kappa shape index (κ3) is 3.09. The number of benzene rings is 2. The van der Waals surface area contributed by atoms with Gasteiger partial charge in [-0.3, -0.25) is 0 Å². The molecule has 2 unspecified atom stereocenters. The van der Waals surface area contributed by atoms with Crippen molar-refractivity contribution in [3.63, 3.8) is 0 Å². The predicted octanol–water partition coefficient (Wildman–Crippen LogP) is 3.40. The van der Waals surface area contributed by atoms with Crippen molar-refractivity contribution in [1.82, 2.24) is 0 Å². The van der Waals surface area contributed by atoms with Gasteiger partial charge >= 0.3 is 0 Å². The summed E-state index contributed by atoms with van der Waals surface area (Å²) < 4.78 is 11.9. The minimum Gasteiger partial charge on any atom is -0.490 e. The van der Waals surface area contributed by atoms with Crippen LogP contribution >= 0.6 is 0 Å². The summed E-state index contributed by atoms with van der Waals surface area (Å²) in [7, 11) is 0. The molecular weight excluding hydrogens is 262 g/mol. The first kappa shape index (κ1) is 14.1. The average molecular weight is 283 g/mol. The van der Waals surface area contributed by atoms with Crippen molar-refractivity contribution < 1.29 is 9.47 Å². The minimum atomic E-state index is -0.0410. The zero-order valence-electron chi connectivity index (χ0n) is 12.3. The van der Waals surface area contributed by atoms with Gasteiger partial charge in [-0.05, 0) is 30.5 Å². The molecule has 2 aromatic carbocycles. The Labute approximate surface area is 125 Å². The fourth-order valence-corrected chi connectivity index (χ4v) is 2.77. The lowest BCUT2D eigenvalue weighted by molar-refractivity contribution is 0.00993. The van der Waals surface area contributed by atoms with Crippen molar-refractivity contribution in [1.29, 1.82) is 0 Å². The number of fused-ring (bicyclic) bond motifs is 1. The van der Waals surface area contributed by atoms with E-state index in [1.54, 1.807) is 0 Å². The van der Waals surface area contributed by atoms with Crippen LogP contribution in [0.3, 0.4) is 0 Å². The quantitative estimate of drug-likeness (QED) is 0.935. The summed E-state index contributed by atoms with van der Waals surface area (Å²) in [5.74, 6) is 0.846. The largest absolute Gasteiger partial charge is 0.490 e. The van der Waals surface area contributed by atoms with Crippen molar-refractivity contribution >= 4 is 0 Å². The van der Waals surface area contributed by atoms with Crippen LogP contribution in [0.15, 0.2) is 48.5 Å². The van der Waals surface area contributed by atoms with E-state index in [4.69, 9.17) is 15.2 Å². The molecule has 21 heavy (non-hydrogen) atoms. The Morgan fingerprint density at radius 3 is 2.81 bits per heavy atom. The SMILES string of the molecule is CC(N)c1ccccc1OCC1OCCc2ccccc21. The lowest BCUT2D eigenvalue weighted by Crippen LogP contribution is -2.22. The van der Waals surface area contributed by atoms with Gasteiger partial charge in [0.15, 0.2) is 0 Å². The second-order valence-electron chi connectivity index (χ2n) is 5.45. The fourth-order valence-electron chi connectivity index (χ4n) is 2.77. The number of para-hydroxylation sites is 1. The maximum Gasteiger partial charge on any atom is 0.124 e. The van der Waals surface area contributed by atoms with Gasteiger partial charge in [0.25, 0.3) is 0 Å². The number of ether oxygens (including phenoxy) is 2. The number of nitrogens with two attached hydrogens (primary N) is 1. The molecule has 3 heteroatoms. The third-order valence-electron chi connectivity index (χ3n) is 3.89.